The number of hydrogen-bond acceptors (Lipinski definition) is 15. The number of amides is 7. The number of phenolic OH excluding ortho intramolecular Hbond substituents is 1. The second-order valence-electron chi connectivity index (χ2n) is 23.8. The minimum absolute atomic E-state index is 0.0119. The van der Waals surface area contributed by atoms with Crippen LogP contribution in [0.15, 0.2) is 110 Å². The summed E-state index contributed by atoms with van der Waals surface area (Å²) in [6.07, 6.45) is 2.36. The van der Waals surface area contributed by atoms with Crippen molar-refractivity contribution in [1.82, 2.24) is 30.2 Å². The monoisotopic (exact) mass is 1240 g/mol. The largest absolute Gasteiger partial charge is 0.508 e. The first-order chi connectivity index (χ1) is 42.9. The van der Waals surface area contributed by atoms with Crippen LogP contribution in [0, 0.1) is 11.3 Å². The molecule has 7 amide bonds. The lowest BCUT2D eigenvalue weighted by molar-refractivity contribution is -0.165. The van der Waals surface area contributed by atoms with Crippen molar-refractivity contribution < 1.29 is 72.0 Å². The highest BCUT2D eigenvalue weighted by atomic mass is 16.5. The predicted molar refractivity (Wildman–Crippen MR) is 335 cm³/mol. The van der Waals surface area contributed by atoms with Crippen LogP contribution in [0.3, 0.4) is 0 Å². The fourth-order valence-electron chi connectivity index (χ4n) is 11.0. The molecule has 0 bridgehead atoms. The zero-order chi connectivity index (χ0) is 65.8. The maximum Gasteiger partial charge on any atom is 0.330 e. The number of likely N-dealkylation sites (N-methyl/N-ethyl adjacent to an activating group) is 2. The summed E-state index contributed by atoms with van der Waals surface area (Å²) < 4.78 is 22.4. The summed E-state index contributed by atoms with van der Waals surface area (Å²) in [5, 5.41) is 18.6. The second kappa shape index (κ2) is 32.9. The van der Waals surface area contributed by atoms with E-state index in [1.54, 1.807) is 97.9 Å². The molecule has 2 fully saturated rings. The van der Waals surface area contributed by atoms with Crippen molar-refractivity contribution in [2.75, 3.05) is 59.9 Å². The number of nitrogens with zero attached hydrogens (tertiary/aromatic N) is 4. The van der Waals surface area contributed by atoms with E-state index in [0.717, 1.165) is 11.6 Å². The van der Waals surface area contributed by atoms with Crippen LogP contribution in [0.25, 0.3) is 0 Å². The van der Waals surface area contributed by atoms with Gasteiger partial charge in [0.1, 0.15) is 48.7 Å². The van der Waals surface area contributed by atoms with Crippen molar-refractivity contribution in [1.29, 1.82) is 0 Å². The fourth-order valence-corrected chi connectivity index (χ4v) is 11.0. The van der Waals surface area contributed by atoms with Gasteiger partial charge in [-0.1, -0.05) is 81.1 Å². The van der Waals surface area contributed by atoms with Crippen molar-refractivity contribution in [3.05, 3.63) is 132 Å². The molecule has 2 saturated heterocycles. The van der Waals surface area contributed by atoms with E-state index in [4.69, 9.17) is 18.9 Å². The Bertz CT molecular complexity index is 3210. The minimum atomic E-state index is -1.42. The molecule has 484 valence electrons. The maximum absolute atomic E-state index is 14.9. The van der Waals surface area contributed by atoms with Gasteiger partial charge >= 0.3 is 11.9 Å². The van der Waals surface area contributed by atoms with Crippen LogP contribution in [0.4, 0.5) is 5.69 Å². The lowest BCUT2D eigenvalue weighted by Gasteiger charge is -2.36. The van der Waals surface area contributed by atoms with Crippen LogP contribution in [0.1, 0.15) is 127 Å². The van der Waals surface area contributed by atoms with Crippen molar-refractivity contribution >= 4 is 64.8 Å². The molecule has 6 atom stereocenters. The number of benzene rings is 4. The summed E-state index contributed by atoms with van der Waals surface area (Å²) in [4.78, 5) is 145. The number of carbonyl (C=O) groups excluding carboxylic acids is 10. The Morgan fingerprint density at radius 3 is 2.08 bits per heavy atom. The van der Waals surface area contributed by atoms with E-state index in [1.165, 1.54) is 54.9 Å². The molecule has 2 aliphatic rings. The van der Waals surface area contributed by atoms with Crippen LogP contribution in [0.2, 0.25) is 0 Å². The van der Waals surface area contributed by atoms with E-state index < -0.39 is 94.9 Å². The number of hydrogen-bond donors (Lipinski definition) is 4. The van der Waals surface area contributed by atoms with Gasteiger partial charge in [-0.3, -0.25) is 38.4 Å². The van der Waals surface area contributed by atoms with Crippen LogP contribution < -0.4 is 25.4 Å². The Balaban J connectivity index is 1.18. The van der Waals surface area contributed by atoms with Gasteiger partial charge in [0, 0.05) is 64.8 Å². The molecule has 4 N–H and O–H groups in total. The Morgan fingerprint density at radius 2 is 1.41 bits per heavy atom. The maximum atomic E-state index is 14.9. The molecule has 0 radical (unpaired) electrons. The van der Waals surface area contributed by atoms with Gasteiger partial charge < -0.3 is 59.6 Å². The van der Waals surface area contributed by atoms with Crippen LogP contribution in [0.5, 0.6) is 17.2 Å². The predicted octanol–water partition coefficient (Wildman–Crippen LogP) is 6.98. The van der Waals surface area contributed by atoms with Gasteiger partial charge in [-0.05, 0) is 137 Å². The van der Waals surface area contributed by atoms with E-state index in [2.05, 4.69) is 22.5 Å². The first-order valence-corrected chi connectivity index (χ1v) is 30.6. The Labute approximate surface area is 527 Å². The molecule has 22 heteroatoms. The van der Waals surface area contributed by atoms with Crippen molar-refractivity contribution in [2.24, 2.45) is 11.3 Å². The summed E-state index contributed by atoms with van der Waals surface area (Å²) in [5.41, 5.74) is 1.14. The molecule has 4 aromatic carbocycles. The van der Waals surface area contributed by atoms with Crippen molar-refractivity contribution in [3.63, 3.8) is 0 Å². The highest BCUT2D eigenvalue weighted by Crippen LogP contribution is 2.33. The normalized spacial score (nSPS) is 16.1. The number of phenols is 1. The molecule has 0 spiro atoms. The lowest BCUT2D eigenvalue weighted by Crippen LogP contribution is -2.58. The number of ketones is 1. The molecule has 6 rings (SSSR count). The molecule has 2 aliphatic heterocycles. The number of Topliss-reactive ketones (excluding diaryl/α,β-unsaturated/α-hetero) is 1. The molecule has 1 unspecified atom stereocenters. The Morgan fingerprint density at radius 1 is 0.756 bits per heavy atom. The summed E-state index contributed by atoms with van der Waals surface area (Å²) in [7, 11) is 6.29. The molecule has 0 saturated carbocycles. The number of nitrogens with one attached hydrogen (secondary N) is 3. The molecule has 90 heavy (non-hydrogen) atoms. The number of aryl methyl sites for hydroxylation is 1. The number of anilines is 1. The van der Waals surface area contributed by atoms with Crippen LogP contribution >= 0.6 is 0 Å². The number of aromatic hydroxyl groups is 1. The Kier molecular flexibility index (Phi) is 25.6. The third-order valence-corrected chi connectivity index (χ3v) is 16.3. The highest BCUT2D eigenvalue weighted by molar-refractivity contribution is 6.38. The summed E-state index contributed by atoms with van der Waals surface area (Å²) in [5.74, 6) is -5.35. The quantitative estimate of drug-likeness (QED) is 0.0233. The summed E-state index contributed by atoms with van der Waals surface area (Å²) in [6, 6.07) is 21.1. The molecular weight excluding hydrogens is 1150 g/mol. The van der Waals surface area contributed by atoms with Crippen molar-refractivity contribution in [3.8, 4) is 17.2 Å². The number of ether oxygens (including phenoxy) is 4. The van der Waals surface area contributed by atoms with E-state index in [-0.39, 0.29) is 69.4 Å². The van der Waals surface area contributed by atoms with Crippen LogP contribution in [-0.2, 0) is 70.3 Å². The zero-order valence-electron chi connectivity index (χ0n) is 53.1. The summed E-state index contributed by atoms with van der Waals surface area (Å²) in [6.45, 7) is 12.5. The van der Waals surface area contributed by atoms with Gasteiger partial charge in [0.2, 0.25) is 41.2 Å². The number of piperidine rings is 1. The average Bonchev–Trinajstić information content (AvgIpc) is 1.65. The zero-order valence-corrected chi connectivity index (χ0v) is 53.1. The number of esters is 2. The smallest absolute Gasteiger partial charge is 0.330 e. The molecule has 22 nitrogen and oxygen atoms in total. The fraction of sp³-hybridized carbons (Fsp3) is 0.471. The lowest BCUT2D eigenvalue weighted by atomic mass is 9.87. The van der Waals surface area contributed by atoms with Gasteiger partial charge in [-0.15, -0.1) is 0 Å². The minimum Gasteiger partial charge on any atom is -0.508 e. The second-order valence-corrected chi connectivity index (χ2v) is 23.8. The molecule has 0 aromatic heterocycles. The number of carbonyl (C=O) groups is 10. The first kappa shape index (κ1) is 70.0. The van der Waals surface area contributed by atoms with E-state index in [0.29, 0.717) is 78.9 Å². The molecule has 2 heterocycles. The SMILES string of the molecule is C=CC(=O)OCC(C)(C)C(=O)C(=O)N1CCCC[C@H]1C(=O)O[C@H](CCc1ccc(OC)c(OC)c1)c1cccc(NC(=O)CCC(=O)NC(C(=O)N[C@@H](Cc2ccc(O)cc2)C(=O)N2CCC[C@@H]2C(=O)N(C)[C@@H](CC(C)C)C(=O)N(C)CC)c2ccccc2)c1. The van der Waals surface area contributed by atoms with Crippen LogP contribution in [-0.4, -0.2) is 163 Å². The third-order valence-electron chi connectivity index (χ3n) is 16.3. The third kappa shape index (κ3) is 19.0. The molecular formula is C68H87N7O15. The standard InChI is InChI=1S/C68H87N7O15/c1-11-59(79)89-42-68(5,6)61(80)66(85)75-36-17-16-24-52(75)67(86)90-54(32-28-45-29-33-55(87-9)56(40-45)88-10)47-22-18-23-48(41-47)69-57(77)34-35-58(78)71-60(46-20-14-13-15-21-46)62(81)70-50(39-44-26-30-49(76)31-27-44)63(82)74-37-19-25-51(74)65(84)73(8)53(38-43(3)4)64(83)72(7)12-2/h11,13-15,18,20-23,26-27,29-31,33,40-41,43,50-54,60,76H,1,12,16-17,19,24-25,28,32,34-39,42H2,2-10H3,(H,69,77)(H,70,81)(H,71,78)/t50-,51+,52-,53-,54+,60?/m0/s1. The van der Waals surface area contributed by atoms with Gasteiger partial charge in [0.05, 0.1) is 19.6 Å². The van der Waals surface area contributed by atoms with Gasteiger partial charge in [0.25, 0.3) is 5.91 Å². The van der Waals surface area contributed by atoms with Gasteiger partial charge in [0.15, 0.2) is 11.5 Å². The Hall–Kier alpha value is -9.08. The van der Waals surface area contributed by atoms with Gasteiger partial charge in [-0.25, -0.2) is 9.59 Å². The first-order valence-electron chi connectivity index (χ1n) is 30.6. The van der Waals surface area contributed by atoms with Gasteiger partial charge in [-0.2, -0.15) is 0 Å². The van der Waals surface area contributed by atoms with E-state index in [9.17, 15) is 53.1 Å². The summed E-state index contributed by atoms with van der Waals surface area (Å²) >= 11 is 0. The average molecular weight is 1240 g/mol. The number of likely N-dealkylation sites (tertiary alicyclic amines) is 2. The number of methoxy groups -OCH3 is 2. The molecule has 4 aromatic rings. The number of rotatable bonds is 30. The molecule has 0 aliphatic carbocycles. The van der Waals surface area contributed by atoms with E-state index >= 15 is 0 Å². The van der Waals surface area contributed by atoms with Crippen molar-refractivity contribution in [2.45, 2.75) is 142 Å². The van der Waals surface area contributed by atoms with E-state index in [1.807, 2.05) is 26.8 Å². The topological polar surface area (TPSA) is 277 Å². The highest BCUT2D eigenvalue weighted by Gasteiger charge is 2.44.